The first-order valence-corrected chi connectivity index (χ1v) is 9.54. The smallest absolute Gasteiger partial charge is 0.224 e. The van der Waals surface area contributed by atoms with E-state index in [1.54, 1.807) is 0 Å². The topological polar surface area (TPSA) is 75.4 Å². The molecule has 1 heterocycles. The Kier molecular flexibility index (Phi) is 7.76. The second-order valence-corrected chi connectivity index (χ2v) is 6.93. The third-order valence-electron chi connectivity index (χ3n) is 4.90. The van der Waals surface area contributed by atoms with Gasteiger partial charge in [-0.2, -0.15) is 0 Å². The lowest BCUT2D eigenvalue weighted by molar-refractivity contribution is -0.122. The molecule has 1 aromatic rings. The van der Waals surface area contributed by atoms with Crippen molar-refractivity contribution < 1.29 is 9.59 Å². The molecule has 5 nitrogen and oxygen atoms in total. The van der Waals surface area contributed by atoms with Gasteiger partial charge < -0.3 is 16.0 Å². The van der Waals surface area contributed by atoms with Crippen LogP contribution < -0.4 is 16.0 Å². The summed E-state index contributed by atoms with van der Waals surface area (Å²) in [5.41, 5.74) is 7.32. The van der Waals surface area contributed by atoms with E-state index in [0.29, 0.717) is 6.42 Å². The van der Waals surface area contributed by atoms with Crippen LogP contribution in [0.15, 0.2) is 24.3 Å². The number of nitrogens with zero attached hydrogens (tertiary/aromatic N) is 1. The third kappa shape index (κ3) is 6.40. The number of rotatable bonds is 9. The maximum absolute atomic E-state index is 12.1. The van der Waals surface area contributed by atoms with Crippen LogP contribution in [0.1, 0.15) is 58.3 Å². The van der Waals surface area contributed by atoms with Crippen LogP contribution in [-0.2, 0) is 9.59 Å². The Hall–Kier alpha value is -2.04. The molecule has 0 atom stereocenters. The van der Waals surface area contributed by atoms with Gasteiger partial charge in [-0.05, 0) is 37.5 Å². The molecule has 2 amide bonds. The van der Waals surface area contributed by atoms with Crippen LogP contribution in [0.2, 0.25) is 0 Å². The Balaban J connectivity index is 1.81. The minimum atomic E-state index is -0.195. The SMILES string of the molecule is CCCCCCCC(=O)Nc1cccc(N2CCC(C(N)=O)CC2)c1. The number of hydrogen-bond donors (Lipinski definition) is 2. The second-order valence-electron chi connectivity index (χ2n) is 6.93. The zero-order valence-corrected chi connectivity index (χ0v) is 15.3. The van der Waals surface area contributed by atoms with E-state index in [-0.39, 0.29) is 17.7 Å². The summed E-state index contributed by atoms with van der Waals surface area (Å²) in [5.74, 6) is -0.118. The molecule has 0 spiro atoms. The van der Waals surface area contributed by atoms with E-state index in [1.165, 1.54) is 19.3 Å². The Morgan fingerprint density at radius 2 is 1.88 bits per heavy atom. The average molecular weight is 345 g/mol. The van der Waals surface area contributed by atoms with E-state index in [0.717, 1.165) is 50.1 Å². The quantitative estimate of drug-likeness (QED) is 0.670. The van der Waals surface area contributed by atoms with Gasteiger partial charge in [0.15, 0.2) is 0 Å². The number of carbonyl (C=O) groups is 2. The predicted molar refractivity (Wildman–Crippen MR) is 103 cm³/mol. The molecule has 1 aliphatic rings. The molecule has 2 rings (SSSR count). The molecule has 0 aliphatic carbocycles. The van der Waals surface area contributed by atoms with Gasteiger partial charge in [-0.25, -0.2) is 0 Å². The van der Waals surface area contributed by atoms with Crippen LogP contribution in [0.3, 0.4) is 0 Å². The molecule has 25 heavy (non-hydrogen) atoms. The van der Waals surface area contributed by atoms with Crippen molar-refractivity contribution in [3.8, 4) is 0 Å². The molecular formula is C20H31N3O2. The standard InChI is InChI=1S/C20H31N3O2/c1-2-3-4-5-6-10-19(24)22-17-8-7-9-18(15-17)23-13-11-16(12-14-23)20(21)25/h7-9,15-16H,2-6,10-14H2,1H3,(H2,21,25)(H,22,24). The van der Waals surface area contributed by atoms with Gasteiger partial charge in [0.1, 0.15) is 0 Å². The molecule has 1 aromatic carbocycles. The Morgan fingerprint density at radius 1 is 1.16 bits per heavy atom. The molecule has 138 valence electrons. The Bertz CT molecular complexity index is 566. The number of anilines is 2. The Labute approximate surface area is 151 Å². The molecule has 1 aliphatic heterocycles. The molecule has 3 N–H and O–H groups in total. The van der Waals surface area contributed by atoms with Gasteiger partial charge in [-0.15, -0.1) is 0 Å². The van der Waals surface area contributed by atoms with Gasteiger partial charge in [0.2, 0.25) is 11.8 Å². The van der Waals surface area contributed by atoms with Crippen molar-refractivity contribution in [3.63, 3.8) is 0 Å². The average Bonchev–Trinajstić information content (AvgIpc) is 2.62. The predicted octanol–water partition coefficient (Wildman–Crippen LogP) is 3.69. The number of hydrogen-bond acceptors (Lipinski definition) is 3. The van der Waals surface area contributed by atoms with Crippen molar-refractivity contribution in [2.45, 2.75) is 58.3 Å². The second kappa shape index (κ2) is 10.1. The highest BCUT2D eigenvalue weighted by Crippen LogP contribution is 2.25. The van der Waals surface area contributed by atoms with Gasteiger partial charge in [-0.1, -0.05) is 38.7 Å². The van der Waals surface area contributed by atoms with Gasteiger partial charge in [-0.3, -0.25) is 9.59 Å². The fraction of sp³-hybridized carbons (Fsp3) is 0.600. The van der Waals surface area contributed by atoms with Crippen molar-refractivity contribution in [2.75, 3.05) is 23.3 Å². The monoisotopic (exact) mass is 345 g/mol. The Morgan fingerprint density at radius 3 is 2.56 bits per heavy atom. The number of amides is 2. The highest BCUT2D eigenvalue weighted by molar-refractivity contribution is 5.91. The summed E-state index contributed by atoms with van der Waals surface area (Å²) >= 11 is 0. The van der Waals surface area contributed by atoms with Crippen LogP contribution in [-0.4, -0.2) is 24.9 Å². The van der Waals surface area contributed by atoms with Crippen LogP contribution in [0.25, 0.3) is 0 Å². The normalized spacial score (nSPS) is 15.2. The van der Waals surface area contributed by atoms with E-state index in [2.05, 4.69) is 17.1 Å². The molecule has 1 saturated heterocycles. The van der Waals surface area contributed by atoms with Gasteiger partial charge in [0.25, 0.3) is 0 Å². The number of unbranched alkanes of at least 4 members (excludes halogenated alkanes) is 4. The number of nitrogens with two attached hydrogens (primary N) is 1. The van der Waals surface area contributed by atoms with Gasteiger partial charge in [0.05, 0.1) is 0 Å². The summed E-state index contributed by atoms with van der Waals surface area (Å²) in [6.07, 6.45) is 7.92. The fourth-order valence-electron chi connectivity index (χ4n) is 3.32. The van der Waals surface area contributed by atoms with Crippen molar-refractivity contribution >= 4 is 23.2 Å². The van der Waals surface area contributed by atoms with Crippen molar-refractivity contribution in [2.24, 2.45) is 11.7 Å². The molecule has 5 heteroatoms. The first-order valence-electron chi connectivity index (χ1n) is 9.54. The lowest BCUT2D eigenvalue weighted by atomic mass is 9.96. The summed E-state index contributed by atoms with van der Waals surface area (Å²) < 4.78 is 0. The highest BCUT2D eigenvalue weighted by Gasteiger charge is 2.23. The van der Waals surface area contributed by atoms with E-state index < -0.39 is 0 Å². The summed E-state index contributed by atoms with van der Waals surface area (Å²) in [6, 6.07) is 7.95. The van der Waals surface area contributed by atoms with Crippen molar-refractivity contribution in [1.29, 1.82) is 0 Å². The number of nitrogens with one attached hydrogen (secondary N) is 1. The highest BCUT2D eigenvalue weighted by atomic mass is 16.2. The van der Waals surface area contributed by atoms with Crippen LogP contribution in [0.5, 0.6) is 0 Å². The van der Waals surface area contributed by atoms with E-state index in [4.69, 9.17) is 5.73 Å². The number of carbonyl (C=O) groups excluding carboxylic acids is 2. The summed E-state index contributed by atoms with van der Waals surface area (Å²) in [7, 11) is 0. The molecular weight excluding hydrogens is 314 g/mol. The van der Waals surface area contributed by atoms with E-state index >= 15 is 0 Å². The first kappa shape index (κ1) is 19.3. The number of benzene rings is 1. The summed E-state index contributed by atoms with van der Waals surface area (Å²) in [6.45, 7) is 3.83. The van der Waals surface area contributed by atoms with Gasteiger partial charge >= 0.3 is 0 Å². The third-order valence-corrected chi connectivity index (χ3v) is 4.90. The van der Waals surface area contributed by atoms with Crippen LogP contribution in [0, 0.1) is 5.92 Å². The minimum Gasteiger partial charge on any atom is -0.371 e. The fourth-order valence-corrected chi connectivity index (χ4v) is 3.32. The number of piperidine rings is 1. The molecule has 0 radical (unpaired) electrons. The number of primary amides is 1. The lowest BCUT2D eigenvalue weighted by Gasteiger charge is -2.32. The van der Waals surface area contributed by atoms with Crippen molar-refractivity contribution in [1.82, 2.24) is 0 Å². The maximum Gasteiger partial charge on any atom is 0.224 e. The zero-order valence-electron chi connectivity index (χ0n) is 15.3. The lowest BCUT2D eigenvalue weighted by Crippen LogP contribution is -2.38. The van der Waals surface area contributed by atoms with Crippen LogP contribution in [0.4, 0.5) is 11.4 Å². The van der Waals surface area contributed by atoms with E-state index in [1.807, 2.05) is 24.3 Å². The largest absolute Gasteiger partial charge is 0.371 e. The molecule has 1 fully saturated rings. The molecule has 0 bridgehead atoms. The zero-order chi connectivity index (χ0) is 18.1. The molecule has 0 saturated carbocycles. The van der Waals surface area contributed by atoms with Crippen molar-refractivity contribution in [3.05, 3.63) is 24.3 Å². The van der Waals surface area contributed by atoms with E-state index in [9.17, 15) is 9.59 Å². The maximum atomic E-state index is 12.1. The van der Waals surface area contributed by atoms with Crippen LogP contribution >= 0.6 is 0 Å². The minimum absolute atomic E-state index is 0.00755. The molecule has 0 unspecified atom stereocenters. The summed E-state index contributed by atoms with van der Waals surface area (Å²) in [4.78, 5) is 25.6. The molecule has 0 aromatic heterocycles. The van der Waals surface area contributed by atoms with Gasteiger partial charge in [0, 0.05) is 36.8 Å². The first-order chi connectivity index (χ1) is 12.1. The summed E-state index contributed by atoms with van der Waals surface area (Å²) in [5, 5.41) is 3.00.